The maximum Gasteiger partial charge on any atom is 0.434 e. The first-order valence-corrected chi connectivity index (χ1v) is 11.6. The van der Waals surface area contributed by atoms with Crippen molar-refractivity contribution < 1.29 is 23.6 Å². The van der Waals surface area contributed by atoms with E-state index in [9.17, 15) is 14.2 Å². The predicted molar refractivity (Wildman–Crippen MR) is 118 cm³/mol. The number of methoxy groups -OCH3 is 2. The fraction of sp³-hybridized carbons (Fsp3) is 0.333. The molecule has 5 nitrogen and oxygen atoms in total. The summed E-state index contributed by atoms with van der Waals surface area (Å²) >= 11 is 18.5. The minimum absolute atomic E-state index is 0.0350. The number of hydrogen-bond donors (Lipinski definition) is 0. The number of rotatable bonds is 7. The molecule has 158 valence electrons. The molecule has 30 heavy (non-hydrogen) atoms. The highest BCUT2D eigenvalue weighted by Crippen LogP contribution is 2.56. The highest BCUT2D eigenvalue weighted by atomic mass is 35.5. The molecule has 0 N–H and O–H groups in total. The second kappa shape index (κ2) is 9.23. The van der Waals surface area contributed by atoms with Gasteiger partial charge >= 0.3 is 13.3 Å². The zero-order valence-electron chi connectivity index (χ0n) is 16.3. The number of carbonyl (C=O) groups is 2. The lowest BCUT2D eigenvalue weighted by Crippen LogP contribution is -2.34. The van der Waals surface area contributed by atoms with Gasteiger partial charge in [-0.1, -0.05) is 45.4 Å². The molecule has 0 amide bonds. The summed E-state index contributed by atoms with van der Waals surface area (Å²) in [6.07, 6.45) is 1.90. The first-order valence-electron chi connectivity index (χ1n) is 9.19. The molecule has 1 atom stereocenters. The van der Waals surface area contributed by atoms with Crippen LogP contribution in [0.4, 0.5) is 0 Å². The molecule has 0 spiro atoms. The van der Waals surface area contributed by atoms with Crippen LogP contribution < -0.4 is 9.47 Å². The van der Waals surface area contributed by atoms with E-state index in [2.05, 4.69) is 0 Å². The molecule has 2 aromatic carbocycles. The molecule has 0 saturated heterocycles. The van der Waals surface area contributed by atoms with Crippen LogP contribution in [-0.4, -0.2) is 30.7 Å². The van der Waals surface area contributed by atoms with E-state index < -0.39 is 24.3 Å². The largest absolute Gasteiger partial charge is 0.496 e. The number of halogens is 3. The smallest absolute Gasteiger partial charge is 0.434 e. The lowest BCUT2D eigenvalue weighted by atomic mass is 9.95. The van der Waals surface area contributed by atoms with Crippen LogP contribution in [0.15, 0.2) is 30.3 Å². The molecule has 1 fully saturated rings. The van der Waals surface area contributed by atoms with Crippen molar-refractivity contribution in [3.05, 3.63) is 56.5 Å². The average molecular weight is 489 g/mol. The molecule has 1 saturated carbocycles. The molecular weight excluding hydrogens is 470 g/mol. The van der Waals surface area contributed by atoms with Gasteiger partial charge in [-0.2, -0.15) is 0 Å². The van der Waals surface area contributed by atoms with Gasteiger partial charge in [0.2, 0.25) is 10.9 Å². The monoisotopic (exact) mass is 487 g/mol. The second-order valence-electron chi connectivity index (χ2n) is 6.95. The fourth-order valence-electron chi connectivity index (χ4n) is 3.83. The van der Waals surface area contributed by atoms with Crippen molar-refractivity contribution in [2.75, 3.05) is 14.2 Å². The predicted octanol–water partition coefficient (Wildman–Crippen LogP) is 6.83. The molecule has 2 aromatic rings. The first-order chi connectivity index (χ1) is 14.3. The van der Waals surface area contributed by atoms with Gasteiger partial charge in [-0.05, 0) is 37.1 Å². The topological polar surface area (TPSA) is 69.7 Å². The van der Waals surface area contributed by atoms with E-state index in [0.717, 1.165) is 0 Å². The van der Waals surface area contributed by atoms with Gasteiger partial charge in [-0.25, -0.2) is 4.79 Å². The van der Waals surface area contributed by atoms with Crippen molar-refractivity contribution in [1.29, 1.82) is 0 Å². The SMILES string of the molecule is COc1cccc(OC)c1C(=O)[P+](=O)C1(C(=O)c2c(Cl)cc(Cl)cc2Cl)CCCC1. The van der Waals surface area contributed by atoms with Crippen LogP contribution >= 0.6 is 42.6 Å². The lowest BCUT2D eigenvalue weighted by Gasteiger charge is -2.18. The van der Waals surface area contributed by atoms with Gasteiger partial charge in [0, 0.05) is 17.9 Å². The van der Waals surface area contributed by atoms with Gasteiger partial charge in [0.15, 0.2) is 5.56 Å². The van der Waals surface area contributed by atoms with Crippen LogP contribution in [0.25, 0.3) is 0 Å². The molecule has 0 heterocycles. The summed E-state index contributed by atoms with van der Waals surface area (Å²) in [6.45, 7) is 0. The highest BCUT2D eigenvalue weighted by Gasteiger charge is 2.62. The van der Waals surface area contributed by atoms with Crippen LogP contribution in [0.3, 0.4) is 0 Å². The zero-order valence-corrected chi connectivity index (χ0v) is 19.5. The number of ether oxygens (including phenoxy) is 2. The number of carbonyl (C=O) groups excluding carboxylic acids is 2. The third-order valence-corrected chi connectivity index (χ3v) is 8.14. The van der Waals surface area contributed by atoms with Crippen LogP contribution in [0.5, 0.6) is 11.5 Å². The molecule has 0 aromatic heterocycles. The van der Waals surface area contributed by atoms with E-state index in [1.54, 1.807) is 18.2 Å². The third kappa shape index (κ3) is 3.97. The van der Waals surface area contributed by atoms with Gasteiger partial charge in [0.05, 0.1) is 29.8 Å². The Bertz CT molecular complexity index is 986. The number of Topliss-reactive ketones (excluding diaryl/α,β-unsaturated/α-hetero) is 1. The van der Waals surface area contributed by atoms with Crippen LogP contribution in [0, 0.1) is 0 Å². The Morgan fingerprint density at radius 3 is 1.90 bits per heavy atom. The maximum absolute atomic E-state index is 13.7. The summed E-state index contributed by atoms with van der Waals surface area (Å²) in [6, 6.07) is 7.63. The Kier molecular flexibility index (Phi) is 7.09. The standard InChI is InChI=1S/C21H19Cl3O5P/c1-28-15-6-5-7-16(29-2)18(15)20(26)30(27)21(8-3-4-9-21)19(25)17-13(23)10-12(22)11-14(17)24/h5-7,10-11H,3-4,8-9H2,1-2H3/q+1. The third-order valence-electron chi connectivity index (χ3n) is 5.30. The summed E-state index contributed by atoms with van der Waals surface area (Å²) in [5.74, 6) is -0.0494. The molecular formula is C21H19Cl3O5P+. The van der Waals surface area contributed by atoms with Crippen LogP contribution in [0.2, 0.25) is 15.1 Å². The number of benzene rings is 2. The van der Waals surface area contributed by atoms with E-state index in [-0.39, 0.29) is 37.7 Å². The molecule has 0 radical (unpaired) electrons. The first kappa shape index (κ1) is 23.0. The zero-order chi connectivity index (χ0) is 22.1. The summed E-state index contributed by atoms with van der Waals surface area (Å²) in [7, 11) is 0.119. The minimum atomic E-state index is -2.69. The van der Waals surface area contributed by atoms with Gasteiger partial charge < -0.3 is 9.47 Å². The number of ketones is 1. The van der Waals surface area contributed by atoms with Crippen molar-refractivity contribution in [2.24, 2.45) is 0 Å². The Balaban J connectivity index is 2.11. The van der Waals surface area contributed by atoms with E-state index in [1.807, 2.05) is 0 Å². The molecule has 0 aliphatic heterocycles. The Labute approximate surface area is 190 Å². The van der Waals surface area contributed by atoms with Gasteiger partial charge in [-0.15, -0.1) is 0 Å². The summed E-state index contributed by atoms with van der Waals surface area (Å²) in [4.78, 5) is 27.0. The van der Waals surface area contributed by atoms with Crippen LogP contribution in [-0.2, 0) is 4.57 Å². The molecule has 1 aliphatic carbocycles. The van der Waals surface area contributed by atoms with Gasteiger partial charge in [0.25, 0.3) is 0 Å². The van der Waals surface area contributed by atoms with Crippen LogP contribution in [0.1, 0.15) is 46.4 Å². The van der Waals surface area contributed by atoms with E-state index in [1.165, 1.54) is 26.4 Å². The summed E-state index contributed by atoms with van der Waals surface area (Å²) in [5.41, 5.74) is -0.612. The van der Waals surface area contributed by atoms with Crippen molar-refractivity contribution in [1.82, 2.24) is 0 Å². The van der Waals surface area contributed by atoms with Gasteiger partial charge in [-0.3, -0.25) is 4.79 Å². The van der Waals surface area contributed by atoms with E-state index in [4.69, 9.17) is 44.3 Å². The van der Waals surface area contributed by atoms with Crippen molar-refractivity contribution in [3.8, 4) is 11.5 Å². The Hall–Kier alpha value is -1.65. The Morgan fingerprint density at radius 1 is 0.933 bits per heavy atom. The van der Waals surface area contributed by atoms with Crippen molar-refractivity contribution >= 4 is 53.9 Å². The van der Waals surface area contributed by atoms with E-state index in [0.29, 0.717) is 25.7 Å². The molecule has 1 unspecified atom stereocenters. The molecule has 3 rings (SSSR count). The Morgan fingerprint density at radius 2 is 1.43 bits per heavy atom. The quantitative estimate of drug-likeness (QED) is 0.316. The molecule has 9 heteroatoms. The molecule has 0 bridgehead atoms. The van der Waals surface area contributed by atoms with E-state index >= 15 is 0 Å². The number of hydrogen-bond acceptors (Lipinski definition) is 5. The minimum Gasteiger partial charge on any atom is -0.496 e. The summed E-state index contributed by atoms with van der Waals surface area (Å²) < 4.78 is 24.2. The normalized spacial score (nSPS) is 15.6. The molecule has 1 aliphatic rings. The van der Waals surface area contributed by atoms with Crippen molar-refractivity contribution in [3.63, 3.8) is 0 Å². The average Bonchev–Trinajstić information content (AvgIpc) is 3.22. The van der Waals surface area contributed by atoms with Crippen molar-refractivity contribution in [2.45, 2.75) is 30.8 Å². The second-order valence-corrected chi connectivity index (χ2v) is 10.1. The highest BCUT2D eigenvalue weighted by molar-refractivity contribution is 7.67. The fourth-order valence-corrected chi connectivity index (χ4v) is 6.65. The van der Waals surface area contributed by atoms with Gasteiger partial charge in [0.1, 0.15) is 11.5 Å². The summed E-state index contributed by atoms with van der Waals surface area (Å²) in [5, 5.41) is -0.996. The lowest BCUT2D eigenvalue weighted by molar-refractivity contribution is 0.0931. The maximum atomic E-state index is 13.7.